The number of amides is 1. The fraction of sp³-hybridized carbons (Fsp3) is 0.550. The van der Waals surface area contributed by atoms with Gasteiger partial charge in [-0.2, -0.15) is 0 Å². The maximum Gasteiger partial charge on any atom is 0.220 e. The van der Waals surface area contributed by atoms with E-state index in [0.29, 0.717) is 13.0 Å². The van der Waals surface area contributed by atoms with Crippen molar-refractivity contribution in [1.29, 1.82) is 0 Å². The molecule has 2 N–H and O–H groups in total. The van der Waals surface area contributed by atoms with Gasteiger partial charge < -0.3 is 15.4 Å². The fourth-order valence-electron chi connectivity index (χ4n) is 2.43. The number of ether oxygens (including phenoxy) is 1. The lowest BCUT2D eigenvalue weighted by Crippen LogP contribution is -2.32. The number of hydrogen-bond donors (Lipinski definition) is 2. The summed E-state index contributed by atoms with van der Waals surface area (Å²) in [5, 5.41) is 6.32. The third-order valence-electron chi connectivity index (χ3n) is 3.82. The van der Waals surface area contributed by atoms with Crippen molar-refractivity contribution in [2.75, 3.05) is 26.2 Å². The van der Waals surface area contributed by atoms with Crippen molar-refractivity contribution in [2.45, 2.75) is 40.0 Å². The van der Waals surface area contributed by atoms with Gasteiger partial charge in [0.05, 0.1) is 5.52 Å². The van der Waals surface area contributed by atoms with Gasteiger partial charge in [0.25, 0.3) is 0 Å². The lowest BCUT2D eigenvalue weighted by atomic mass is 9.97. The van der Waals surface area contributed by atoms with Crippen LogP contribution in [0.15, 0.2) is 30.6 Å². The second-order valence-electron chi connectivity index (χ2n) is 7.57. The Morgan fingerprint density at radius 3 is 2.73 bits per heavy atom. The quantitative estimate of drug-likeness (QED) is 0.639. The Kier molecular flexibility index (Phi) is 7.78. The highest BCUT2D eigenvalue weighted by atomic mass is 16.5. The first-order valence-electron chi connectivity index (χ1n) is 9.26. The zero-order valence-electron chi connectivity index (χ0n) is 16.0. The van der Waals surface area contributed by atoms with Gasteiger partial charge in [-0.1, -0.05) is 26.8 Å². The highest BCUT2D eigenvalue weighted by Crippen LogP contribution is 2.21. The maximum absolute atomic E-state index is 11.7. The first kappa shape index (κ1) is 20.1. The molecule has 0 aliphatic rings. The van der Waals surface area contributed by atoms with Crippen molar-refractivity contribution in [1.82, 2.24) is 20.6 Å². The van der Waals surface area contributed by atoms with E-state index in [2.05, 4.69) is 41.4 Å². The summed E-state index contributed by atoms with van der Waals surface area (Å²) in [5.41, 5.74) is 1.76. The molecular weight excluding hydrogens is 328 g/mol. The molecule has 0 fully saturated rings. The van der Waals surface area contributed by atoms with E-state index in [1.807, 2.05) is 18.2 Å². The zero-order chi connectivity index (χ0) is 18.8. The molecule has 2 aromatic rings. The number of fused-ring (bicyclic) bond motifs is 1. The number of para-hydroxylation sites is 1. The van der Waals surface area contributed by atoms with Crippen molar-refractivity contribution < 1.29 is 9.53 Å². The van der Waals surface area contributed by atoms with Gasteiger partial charge in [-0.15, -0.1) is 0 Å². The molecule has 0 unspecified atom stereocenters. The van der Waals surface area contributed by atoms with E-state index in [4.69, 9.17) is 4.74 Å². The van der Waals surface area contributed by atoms with Gasteiger partial charge in [-0.05, 0) is 36.9 Å². The number of nitrogens with zero attached hydrogens (tertiary/aromatic N) is 2. The Morgan fingerprint density at radius 2 is 1.92 bits per heavy atom. The monoisotopic (exact) mass is 358 g/mol. The van der Waals surface area contributed by atoms with Crippen molar-refractivity contribution in [3.63, 3.8) is 0 Å². The molecule has 1 heterocycles. The second kappa shape index (κ2) is 10.1. The van der Waals surface area contributed by atoms with Crippen molar-refractivity contribution >= 4 is 16.9 Å². The van der Waals surface area contributed by atoms with Crippen LogP contribution in [-0.4, -0.2) is 42.1 Å². The molecule has 2 rings (SSSR count). The highest BCUT2D eigenvalue weighted by Gasteiger charge is 2.11. The molecule has 6 heteroatoms. The molecular formula is C20H30N4O2. The summed E-state index contributed by atoms with van der Waals surface area (Å²) in [6.07, 6.45) is 5.80. The van der Waals surface area contributed by atoms with Crippen molar-refractivity contribution in [3.8, 4) is 5.75 Å². The Morgan fingerprint density at radius 1 is 1.12 bits per heavy atom. The minimum absolute atomic E-state index is 0.132. The van der Waals surface area contributed by atoms with Gasteiger partial charge in [-0.25, -0.2) is 4.98 Å². The number of benzene rings is 1. The smallest absolute Gasteiger partial charge is 0.220 e. The molecule has 0 saturated heterocycles. The third-order valence-corrected chi connectivity index (χ3v) is 3.82. The van der Waals surface area contributed by atoms with E-state index in [1.54, 1.807) is 12.4 Å². The van der Waals surface area contributed by atoms with E-state index >= 15 is 0 Å². The summed E-state index contributed by atoms with van der Waals surface area (Å²) < 4.78 is 5.80. The Balaban J connectivity index is 1.54. The average Bonchev–Trinajstić information content (AvgIpc) is 2.61. The molecule has 0 aliphatic carbocycles. The number of carbonyl (C=O) groups is 1. The van der Waals surface area contributed by atoms with E-state index in [1.165, 1.54) is 0 Å². The molecule has 1 aromatic carbocycles. The van der Waals surface area contributed by atoms with Gasteiger partial charge in [0.15, 0.2) is 0 Å². The molecule has 142 valence electrons. The average molecular weight is 358 g/mol. The van der Waals surface area contributed by atoms with Gasteiger partial charge in [0, 0.05) is 31.9 Å². The number of nitrogens with one attached hydrogen (secondary N) is 2. The molecule has 0 bridgehead atoms. The third kappa shape index (κ3) is 7.35. The van der Waals surface area contributed by atoms with Crippen LogP contribution in [0.3, 0.4) is 0 Å². The Labute approximate surface area is 155 Å². The van der Waals surface area contributed by atoms with Crippen molar-refractivity contribution in [2.24, 2.45) is 5.41 Å². The molecule has 1 amide bonds. The summed E-state index contributed by atoms with van der Waals surface area (Å²) in [4.78, 5) is 20.3. The molecule has 0 radical (unpaired) electrons. The van der Waals surface area contributed by atoms with Gasteiger partial charge in [0.2, 0.25) is 5.91 Å². The number of rotatable bonds is 10. The molecule has 0 aliphatic heterocycles. The molecule has 1 aromatic heterocycles. The van der Waals surface area contributed by atoms with E-state index in [-0.39, 0.29) is 11.3 Å². The fourth-order valence-corrected chi connectivity index (χ4v) is 2.43. The van der Waals surface area contributed by atoms with Gasteiger partial charge >= 0.3 is 0 Å². The molecule has 0 atom stereocenters. The largest absolute Gasteiger partial charge is 0.490 e. The van der Waals surface area contributed by atoms with Crippen molar-refractivity contribution in [3.05, 3.63) is 30.6 Å². The van der Waals surface area contributed by atoms with Crippen LogP contribution in [0.4, 0.5) is 0 Å². The SMILES string of the molecule is CC(C)(C)CNC(=O)CCCCNCCOc1cccc2nccnc12. The first-order chi connectivity index (χ1) is 12.5. The van der Waals surface area contributed by atoms with Crippen LogP contribution in [0, 0.1) is 5.41 Å². The van der Waals surface area contributed by atoms with Crippen LogP contribution in [0.5, 0.6) is 5.75 Å². The lowest BCUT2D eigenvalue weighted by Gasteiger charge is -2.18. The zero-order valence-corrected chi connectivity index (χ0v) is 16.0. The molecule has 0 saturated carbocycles. The van der Waals surface area contributed by atoms with E-state index < -0.39 is 0 Å². The number of unbranched alkanes of at least 4 members (excludes halogenated alkanes) is 1. The lowest BCUT2D eigenvalue weighted by molar-refractivity contribution is -0.121. The number of carbonyl (C=O) groups excluding carboxylic acids is 1. The Hall–Kier alpha value is -2.21. The highest BCUT2D eigenvalue weighted by molar-refractivity contribution is 5.80. The van der Waals surface area contributed by atoms with Crippen LogP contribution in [0.1, 0.15) is 40.0 Å². The molecule has 6 nitrogen and oxygen atoms in total. The van der Waals surface area contributed by atoms with Gasteiger partial charge in [-0.3, -0.25) is 9.78 Å². The second-order valence-corrected chi connectivity index (χ2v) is 7.57. The minimum Gasteiger partial charge on any atom is -0.490 e. The van der Waals surface area contributed by atoms with Crippen LogP contribution < -0.4 is 15.4 Å². The van der Waals surface area contributed by atoms with Gasteiger partial charge in [0.1, 0.15) is 17.9 Å². The standard InChI is InChI=1S/C20H30N4O2/c1-20(2,3)15-24-18(25)9-4-5-10-21-13-14-26-17-8-6-7-16-19(17)23-12-11-22-16/h6-8,11-12,21H,4-5,9-10,13-15H2,1-3H3,(H,24,25). The van der Waals surface area contributed by atoms with Crippen LogP contribution in [0.25, 0.3) is 11.0 Å². The summed E-state index contributed by atoms with van der Waals surface area (Å²) in [5.74, 6) is 0.897. The minimum atomic E-state index is 0.132. The molecule has 0 spiro atoms. The van der Waals surface area contributed by atoms with Crippen LogP contribution in [0.2, 0.25) is 0 Å². The summed E-state index contributed by atoms with van der Waals surface area (Å²) >= 11 is 0. The van der Waals surface area contributed by atoms with E-state index in [9.17, 15) is 4.79 Å². The normalized spacial score (nSPS) is 11.5. The van der Waals surface area contributed by atoms with Crippen LogP contribution >= 0.6 is 0 Å². The predicted molar refractivity (Wildman–Crippen MR) is 104 cm³/mol. The Bertz CT molecular complexity index is 692. The number of aromatic nitrogens is 2. The van der Waals surface area contributed by atoms with E-state index in [0.717, 1.165) is 49.3 Å². The topological polar surface area (TPSA) is 76.1 Å². The van der Waals surface area contributed by atoms with Crippen LogP contribution in [-0.2, 0) is 4.79 Å². The summed E-state index contributed by atoms with van der Waals surface area (Å²) in [7, 11) is 0. The summed E-state index contributed by atoms with van der Waals surface area (Å²) in [6, 6.07) is 5.75. The molecule has 26 heavy (non-hydrogen) atoms. The maximum atomic E-state index is 11.7. The predicted octanol–water partition coefficient (Wildman–Crippen LogP) is 2.93. The first-order valence-corrected chi connectivity index (χ1v) is 9.26. The number of hydrogen-bond acceptors (Lipinski definition) is 5. The summed E-state index contributed by atoms with van der Waals surface area (Å²) in [6.45, 7) is 9.28.